The highest BCUT2D eigenvalue weighted by molar-refractivity contribution is 7.11. The molecule has 1 unspecified atom stereocenters. The second-order valence-electron chi connectivity index (χ2n) is 6.02. The Hall–Kier alpha value is -0.850. The van der Waals surface area contributed by atoms with Crippen molar-refractivity contribution in [3.8, 4) is 6.07 Å². The van der Waals surface area contributed by atoms with E-state index < -0.39 is 0 Å². The number of unbranched alkanes of at least 4 members (excludes halogenated alkanes) is 1. The molecule has 1 heterocycles. The smallest absolute Gasteiger partial charge is 0.0683 e. The molecule has 19 heavy (non-hydrogen) atoms. The summed E-state index contributed by atoms with van der Waals surface area (Å²) in [5.41, 5.74) is -0.167. The van der Waals surface area contributed by atoms with E-state index in [1.54, 1.807) is 0 Å². The molecule has 0 saturated heterocycles. The zero-order valence-electron chi connectivity index (χ0n) is 12.6. The fraction of sp³-hybridized carbons (Fsp3) is 0.688. The second kappa shape index (κ2) is 7.67. The van der Waals surface area contributed by atoms with Crippen LogP contribution in [0.1, 0.15) is 49.8 Å². The van der Waals surface area contributed by atoms with E-state index in [9.17, 15) is 0 Å². The average molecular weight is 278 g/mol. The summed E-state index contributed by atoms with van der Waals surface area (Å²) in [6, 6.07) is 7.31. The Balaban J connectivity index is 2.11. The first-order valence-electron chi connectivity index (χ1n) is 7.13. The first-order chi connectivity index (χ1) is 8.93. The van der Waals surface area contributed by atoms with Gasteiger partial charge in [0.2, 0.25) is 0 Å². The number of nitrogens with zero attached hydrogens (tertiary/aromatic N) is 1. The summed E-state index contributed by atoms with van der Waals surface area (Å²) in [4.78, 5) is 2.85. The van der Waals surface area contributed by atoms with E-state index in [0.717, 1.165) is 32.2 Å². The number of aryl methyl sites for hydroxylation is 1. The van der Waals surface area contributed by atoms with Crippen molar-refractivity contribution < 1.29 is 0 Å². The standard InChI is InChI=1S/C16H26N2S/c1-13(11-15-8-7-14(2)19-15)18-10-6-5-9-16(3,4)12-17/h7-8,13,18H,5-6,9-11H2,1-4H3. The highest BCUT2D eigenvalue weighted by atomic mass is 32.1. The van der Waals surface area contributed by atoms with Gasteiger partial charge in [0.15, 0.2) is 0 Å². The maximum atomic E-state index is 8.94. The minimum atomic E-state index is -0.167. The Morgan fingerprint density at radius 1 is 1.37 bits per heavy atom. The van der Waals surface area contributed by atoms with Gasteiger partial charge in [0.1, 0.15) is 0 Å². The topological polar surface area (TPSA) is 35.8 Å². The molecule has 0 spiro atoms. The molecule has 0 saturated carbocycles. The van der Waals surface area contributed by atoms with Crippen molar-refractivity contribution in [3.05, 3.63) is 21.9 Å². The van der Waals surface area contributed by atoms with Gasteiger partial charge in [-0.2, -0.15) is 5.26 Å². The predicted molar refractivity (Wildman–Crippen MR) is 83.5 cm³/mol. The van der Waals surface area contributed by atoms with Gasteiger partial charge in [0.05, 0.1) is 11.5 Å². The molecule has 0 aromatic carbocycles. The van der Waals surface area contributed by atoms with Crippen molar-refractivity contribution in [3.63, 3.8) is 0 Å². The highest BCUT2D eigenvalue weighted by Crippen LogP contribution is 2.21. The Morgan fingerprint density at radius 2 is 2.11 bits per heavy atom. The van der Waals surface area contributed by atoms with Crippen LogP contribution in [0.5, 0.6) is 0 Å². The van der Waals surface area contributed by atoms with Gasteiger partial charge in [0.25, 0.3) is 0 Å². The first-order valence-corrected chi connectivity index (χ1v) is 7.94. The number of nitrogens with one attached hydrogen (secondary N) is 1. The lowest BCUT2D eigenvalue weighted by Gasteiger charge is -2.16. The summed E-state index contributed by atoms with van der Waals surface area (Å²) < 4.78 is 0. The number of rotatable bonds is 8. The molecule has 0 bridgehead atoms. The van der Waals surface area contributed by atoms with Crippen LogP contribution >= 0.6 is 11.3 Å². The van der Waals surface area contributed by atoms with Gasteiger partial charge < -0.3 is 5.32 Å². The molecule has 1 aromatic rings. The van der Waals surface area contributed by atoms with E-state index in [1.807, 2.05) is 25.2 Å². The highest BCUT2D eigenvalue weighted by Gasteiger charge is 2.15. The van der Waals surface area contributed by atoms with Gasteiger partial charge in [-0.15, -0.1) is 11.3 Å². The van der Waals surface area contributed by atoms with E-state index in [1.165, 1.54) is 9.75 Å². The molecule has 0 aliphatic rings. The van der Waals surface area contributed by atoms with Crippen molar-refractivity contribution in [1.82, 2.24) is 5.32 Å². The Labute approximate surface area is 121 Å². The molecule has 106 valence electrons. The predicted octanol–water partition coefficient (Wildman–Crippen LogP) is 4.30. The van der Waals surface area contributed by atoms with Crippen LogP contribution < -0.4 is 5.32 Å². The van der Waals surface area contributed by atoms with Crippen molar-refractivity contribution >= 4 is 11.3 Å². The summed E-state index contributed by atoms with van der Waals surface area (Å²) in [7, 11) is 0. The summed E-state index contributed by atoms with van der Waals surface area (Å²) >= 11 is 1.89. The van der Waals surface area contributed by atoms with E-state index in [0.29, 0.717) is 6.04 Å². The lowest BCUT2D eigenvalue weighted by atomic mass is 9.89. The Morgan fingerprint density at radius 3 is 2.68 bits per heavy atom. The molecule has 0 amide bonds. The zero-order chi connectivity index (χ0) is 14.3. The zero-order valence-corrected chi connectivity index (χ0v) is 13.4. The molecule has 1 rings (SSSR count). The Kier molecular flexibility index (Phi) is 6.54. The third-order valence-corrected chi connectivity index (χ3v) is 4.35. The van der Waals surface area contributed by atoms with Crippen LogP contribution in [0.15, 0.2) is 12.1 Å². The molecule has 0 aliphatic carbocycles. The lowest BCUT2D eigenvalue weighted by Crippen LogP contribution is -2.28. The van der Waals surface area contributed by atoms with E-state index >= 15 is 0 Å². The fourth-order valence-electron chi connectivity index (χ4n) is 2.07. The molecular formula is C16H26N2S. The monoisotopic (exact) mass is 278 g/mol. The number of hydrogen-bond donors (Lipinski definition) is 1. The third kappa shape index (κ3) is 6.75. The fourth-order valence-corrected chi connectivity index (χ4v) is 3.08. The van der Waals surface area contributed by atoms with E-state index in [2.05, 4.69) is 37.4 Å². The number of nitriles is 1. The molecule has 0 fully saturated rings. The van der Waals surface area contributed by atoms with Crippen LogP contribution in [0.25, 0.3) is 0 Å². The maximum Gasteiger partial charge on any atom is 0.0683 e. The van der Waals surface area contributed by atoms with Gasteiger partial charge in [-0.05, 0) is 65.6 Å². The lowest BCUT2D eigenvalue weighted by molar-refractivity contribution is 0.416. The number of thiophene rings is 1. The van der Waals surface area contributed by atoms with Crippen molar-refractivity contribution in [1.29, 1.82) is 5.26 Å². The number of hydrogen-bond acceptors (Lipinski definition) is 3. The van der Waals surface area contributed by atoms with Crippen LogP contribution in [0.4, 0.5) is 0 Å². The van der Waals surface area contributed by atoms with Gasteiger partial charge in [0, 0.05) is 15.8 Å². The molecule has 1 N–H and O–H groups in total. The van der Waals surface area contributed by atoms with Crippen LogP contribution in [0.3, 0.4) is 0 Å². The molecule has 2 nitrogen and oxygen atoms in total. The molecule has 0 aliphatic heterocycles. The van der Waals surface area contributed by atoms with Crippen LogP contribution in [-0.4, -0.2) is 12.6 Å². The SMILES string of the molecule is Cc1ccc(CC(C)NCCCCC(C)(C)C#N)s1. The summed E-state index contributed by atoms with van der Waals surface area (Å²) in [5.74, 6) is 0. The van der Waals surface area contributed by atoms with E-state index in [4.69, 9.17) is 5.26 Å². The summed E-state index contributed by atoms with van der Waals surface area (Å²) in [6.45, 7) is 9.48. The molecule has 1 aromatic heterocycles. The second-order valence-corrected chi connectivity index (χ2v) is 7.40. The van der Waals surface area contributed by atoms with Gasteiger partial charge >= 0.3 is 0 Å². The molecule has 3 heteroatoms. The van der Waals surface area contributed by atoms with Crippen molar-refractivity contribution in [2.75, 3.05) is 6.54 Å². The van der Waals surface area contributed by atoms with Crippen LogP contribution in [0, 0.1) is 23.7 Å². The molecular weight excluding hydrogens is 252 g/mol. The van der Waals surface area contributed by atoms with Crippen molar-refractivity contribution in [2.24, 2.45) is 5.41 Å². The molecule has 1 atom stereocenters. The van der Waals surface area contributed by atoms with Crippen molar-refractivity contribution in [2.45, 2.75) is 59.4 Å². The third-order valence-electron chi connectivity index (χ3n) is 3.33. The van der Waals surface area contributed by atoms with Gasteiger partial charge in [-0.3, -0.25) is 0 Å². The quantitative estimate of drug-likeness (QED) is 0.720. The van der Waals surface area contributed by atoms with E-state index in [-0.39, 0.29) is 5.41 Å². The van der Waals surface area contributed by atoms with Gasteiger partial charge in [-0.1, -0.05) is 6.42 Å². The average Bonchev–Trinajstić information content (AvgIpc) is 2.74. The van der Waals surface area contributed by atoms with Crippen LogP contribution in [-0.2, 0) is 6.42 Å². The summed E-state index contributed by atoms with van der Waals surface area (Å²) in [6.07, 6.45) is 4.38. The minimum absolute atomic E-state index is 0.167. The normalized spacial score (nSPS) is 13.2. The first kappa shape index (κ1) is 16.2. The summed E-state index contributed by atoms with van der Waals surface area (Å²) in [5, 5.41) is 12.5. The van der Waals surface area contributed by atoms with Crippen LogP contribution in [0.2, 0.25) is 0 Å². The Bertz CT molecular complexity index is 415. The minimum Gasteiger partial charge on any atom is -0.314 e. The molecule has 0 radical (unpaired) electrons. The van der Waals surface area contributed by atoms with Gasteiger partial charge in [-0.25, -0.2) is 0 Å². The largest absolute Gasteiger partial charge is 0.314 e. The maximum absolute atomic E-state index is 8.94.